The summed E-state index contributed by atoms with van der Waals surface area (Å²) in [4.78, 5) is 13.8. The average molecular weight is 447 g/mol. The molecule has 0 spiro atoms. The molecule has 0 radical (unpaired) electrons. The lowest BCUT2D eigenvalue weighted by Crippen LogP contribution is -2.52. The van der Waals surface area contributed by atoms with Crippen LogP contribution in [0.1, 0.15) is 18.1 Å². The van der Waals surface area contributed by atoms with Crippen LogP contribution in [0.2, 0.25) is 0 Å². The fourth-order valence-corrected chi connectivity index (χ4v) is 3.94. The number of rotatable bonds is 4. The maximum absolute atomic E-state index is 10.2. The third-order valence-electron chi connectivity index (χ3n) is 5.51. The molecular weight excluding hydrogens is 420 g/mol. The smallest absolute Gasteiger partial charge is 0.234 e. The number of aliphatic imine (C=N–C) groups is 1. The van der Waals surface area contributed by atoms with Gasteiger partial charge < -0.3 is 24.0 Å². The molecule has 1 aromatic carbocycles. The van der Waals surface area contributed by atoms with E-state index in [9.17, 15) is 10.5 Å². The molecule has 9 heteroatoms. The molecule has 0 N–H and O–H groups in total. The van der Waals surface area contributed by atoms with Crippen molar-refractivity contribution in [1.82, 2.24) is 14.8 Å². The number of hydrogen-bond acceptors (Lipinski definition) is 7. The highest BCUT2D eigenvalue weighted by Gasteiger charge is 2.27. The minimum atomic E-state index is 0.180. The number of aromatic nitrogens is 1. The predicted octanol–water partition coefficient (Wildman–Crippen LogP) is 2.54. The first-order valence-electron chi connectivity index (χ1n) is 11.1. The van der Waals surface area contributed by atoms with E-state index in [0.717, 1.165) is 11.5 Å². The summed E-state index contributed by atoms with van der Waals surface area (Å²) in [5, 5.41) is 20.1. The molecule has 170 valence electrons. The summed E-state index contributed by atoms with van der Waals surface area (Å²) in [6.45, 7) is 7.36. The van der Waals surface area contributed by atoms with E-state index in [0.29, 0.717) is 64.8 Å². The molecule has 0 bridgehead atoms. The van der Waals surface area contributed by atoms with Crippen LogP contribution in [-0.4, -0.2) is 80.0 Å². The minimum Gasteiger partial charge on any atom is -0.477 e. The number of hydrogen-bond donors (Lipinski definition) is 0. The number of pyridine rings is 1. The number of nitriles is 2. The van der Waals surface area contributed by atoms with E-state index >= 15 is 0 Å². The molecule has 0 atom stereocenters. The second-order valence-electron chi connectivity index (χ2n) is 7.50. The fourth-order valence-electron chi connectivity index (χ4n) is 3.94. The van der Waals surface area contributed by atoms with Crippen molar-refractivity contribution in [2.75, 3.05) is 59.2 Å². The third-order valence-corrected chi connectivity index (χ3v) is 5.51. The molecule has 3 heterocycles. The Hall–Kier alpha value is -3.66. The van der Waals surface area contributed by atoms with Gasteiger partial charge in [0, 0.05) is 31.7 Å². The Kier molecular flexibility index (Phi) is 7.36. The SMILES string of the molecule is CCOc1nc(N=C(N2CCOCC2)N2CCOCC2)c(C#N)c(-c2ccccc2)c1C#N. The number of morpholine rings is 2. The van der Waals surface area contributed by atoms with E-state index in [1.165, 1.54) is 0 Å². The molecule has 1 aromatic heterocycles. The Morgan fingerprint density at radius 2 is 1.55 bits per heavy atom. The summed E-state index contributed by atoms with van der Waals surface area (Å²) in [7, 11) is 0. The van der Waals surface area contributed by atoms with Crippen LogP contribution in [-0.2, 0) is 9.47 Å². The Balaban J connectivity index is 1.92. The van der Waals surface area contributed by atoms with Gasteiger partial charge in [-0.15, -0.1) is 0 Å². The summed E-state index contributed by atoms with van der Waals surface area (Å²) in [6.07, 6.45) is 0. The summed E-state index contributed by atoms with van der Waals surface area (Å²) in [5.41, 5.74) is 1.71. The largest absolute Gasteiger partial charge is 0.477 e. The van der Waals surface area contributed by atoms with Crippen LogP contribution < -0.4 is 4.74 Å². The molecule has 2 aromatic rings. The first-order valence-corrected chi connectivity index (χ1v) is 11.1. The van der Waals surface area contributed by atoms with Crippen LogP contribution >= 0.6 is 0 Å². The molecule has 0 saturated carbocycles. The quantitative estimate of drug-likeness (QED) is 0.521. The van der Waals surface area contributed by atoms with Gasteiger partial charge in [-0.05, 0) is 12.5 Å². The zero-order chi connectivity index (χ0) is 23.0. The lowest BCUT2D eigenvalue weighted by molar-refractivity contribution is 0.0422. The maximum atomic E-state index is 10.2. The van der Waals surface area contributed by atoms with Crippen molar-refractivity contribution in [3.63, 3.8) is 0 Å². The van der Waals surface area contributed by atoms with Gasteiger partial charge in [0.15, 0.2) is 5.82 Å². The minimum absolute atomic E-state index is 0.180. The van der Waals surface area contributed by atoms with Crippen LogP contribution in [0.25, 0.3) is 11.1 Å². The molecule has 4 rings (SSSR count). The van der Waals surface area contributed by atoms with Gasteiger partial charge in [-0.3, -0.25) is 0 Å². The summed E-state index contributed by atoms with van der Waals surface area (Å²) in [5.74, 6) is 1.16. The summed E-state index contributed by atoms with van der Waals surface area (Å²) in [6, 6.07) is 13.8. The molecule has 0 aliphatic carbocycles. The first-order chi connectivity index (χ1) is 16.3. The van der Waals surface area contributed by atoms with Crippen molar-refractivity contribution in [2.45, 2.75) is 6.92 Å². The second kappa shape index (κ2) is 10.8. The van der Waals surface area contributed by atoms with Crippen molar-refractivity contribution in [3.05, 3.63) is 41.5 Å². The van der Waals surface area contributed by atoms with Crippen LogP contribution in [0.15, 0.2) is 35.3 Å². The van der Waals surface area contributed by atoms with E-state index in [1.54, 1.807) is 0 Å². The van der Waals surface area contributed by atoms with Gasteiger partial charge in [-0.25, -0.2) is 0 Å². The molecular formula is C24H26N6O3. The van der Waals surface area contributed by atoms with Crippen LogP contribution in [0.4, 0.5) is 5.82 Å². The topological polar surface area (TPSA) is 107 Å². The van der Waals surface area contributed by atoms with Gasteiger partial charge in [0.05, 0.1) is 33.0 Å². The average Bonchev–Trinajstić information content (AvgIpc) is 2.88. The molecule has 33 heavy (non-hydrogen) atoms. The van der Waals surface area contributed by atoms with Crippen LogP contribution in [0.5, 0.6) is 5.88 Å². The molecule has 0 amide bonds. The molecule has 0 unspecified atom stereocenters. The van der Waals surface area contributed by atoms with E-state index in [1.807, 2.05) is 37.3 Å². The summed E-state index contributed by atoms with van der Waals surface area (Å²) >= 11 is 0. The summed E-state index contributed by atoms with van der Waals surface area (Å²) < 4.78 is 16.8. The van der Waals surface area contributed by atoms with Crippen molar-refractivity contribution in [1.29, 1.82) is 10.5 Å². The maximum Gasteiger partial charge on any atom is 0.234 e. The van der Waals surface area contributed by atoms with Gasteiger partial charge in [-0.2, -0.15) is 20.5 Å². The number of nitrogens with zero attached hydrogens (tertiary/aromatic N) is 6. The van der Waals surface area contributed by atoms with E-state index in [-0.39, 0.29) is 22.8 Å². The Labute approximate surface area is 193 Å². The van der Waals surface area contributed by atoms with Crippen molar-refractivity contribution in [2.24, 2.45) is 4.99 Å². The number of ether oxygens (including phenoxy) is 3. The van der Waals surface area contributed by atoms with E-state index in [2.05, 4.69) is 26.9 Å². The van der Waals surface area contributed by atoms with Gasteiger partial charge in [0.1, 0.15) is 23.3 Å². The van der Waals surface area contributed by atoms with E-state index < -0.39 is 0 Å². The molecule has 2 aliphatic heterocycles. The molecule has 2 fully saturated rings. The first kappa shape index (κ1) is 22.5. The number of benzene rings is 1. The van der Waals surface area contributed by atoms with Crippen LogP contribution in [0, 0.1) is 22.7 Å². The Bertz CT molecular complexity index is 1060. The third kappa shape index (κ3) is 4.90. The normalized spacial score (nSPS) is 16.0. The van der Waals surface area contributed by atoms with Crippen LogP contribution in [0.3, 0.4) is 0 Å². The predicted molar refractivity (Wildman–Crippen MR) is 122 cm³/mol. The number of guanidine groups is 1. The van der Waals surface area contributed by atoms with Gasteiger partial charge >= 0.3 is 0 Å². The Morgan fingerprint density at radius 1 is 0.970 bits per heavy atom. The molecule has 2 aliphatic rings. The lowest BCUT2D eigenvalue weighted by atomic mass is 9.96. The highest BCUT2D eigenvalue weighted by Crippen LogP contribution is 2.37. The molecule has 9 nitrogen and oxygen atoms in total. The standard InChI is InChI=1S/C24H26N6O3/c1-2-33-23-20(17-26)21(18-6-4-3-5-7-18)19(16-25)22(27-23)28-24(29-8-12-31-13-9-29)30-10-14-32-15-11-30/h3-7H,2,8-15H2,1H3. The van der Waals surface area contributed by atoms with Gasteiger partial charge in [-0.1, -0.05) is 30.3 Å². The second-order valence-corrected chi connectivity index (χ2v) is 7.50. The van der Waals surface area contributed by atoms with E-state index in [4.69, 9.17) is 19.2 Å². The molecule has 2 saturated heterocycles. The lowest BCUT2D eigenvalue weighted by Gasteiger charge is -2.38. The van der Waals surface area contributed by atoms with Crippen molar-refractivity contribution in [3.8, 4) is 29.1 Å². The zero-order valence-electron chi connectivity index (χ0n) is 18.7. The highest BCUT2D eigenvalue weighted by molar-refractivity contribution is 5.87. The van der Waals surface area contributed by atoms with Crippen molar-refractivity contribution < 1.29 is 14.2 Å². The van der Waals surface area contributed by atoms with Gasteiger partial charge in [0.2, 0.25) is 11.8 Å². The highest BCUT2D eigenvalue weighted by atomic mass is 16.5. The van der Waals surface area contributed by atoms with Crippen molar-refractivity contribution >= 4 is 11.8 Å². The zero-order valence-corrected chi connectivity index (χ0v) is 18.7. The Morgan fingerprint density at radius 3 is 2.06 bits per heavy atom. The monoisotopic (exact) mass is 446 g/mol. The fraction of sp³-hybridized carbons (Fsp3) is 0.417. The van der Waals surface area contributed by atoms with Gasteiger partial charge in [0.25, 0.3) is 0 Å².